The van der Waals surface area contributed by atoms with Gasteiger partial charge in [0.1, 0.15) is 5.76 Å². The van der Waals surface area contributed by atoms with E-state index >= 15 is 0 Å². The molecule has 1 aromatic heterocycles. The minimum absolute atomic E-state index is 0.113. The Morgan fingerprint density at radius 1 is 0.821 bits per heavy atom. The molecule has 0 saturated heterocycles. The highest BCUT2D eigenvalue weighted by Crippen LogP contribution is 2.12. The van der Waals surface area contributed by atoms with Crippen molar-refractivity contribution in [3.63, 3.8) is 0 Å². The Balaban J connectivity index is 1.61. The van der Waals surface area contributed by atoms with Crippen LogP contribution in [0.2, 0.25) is 0 Å². The molecule has 0 bridgehead atoms. The van der Waals surface area contributed by atoms with E-state index in [9.17, 15) is 4.79 Å². The third-order valence-electron chi connectivity index (χ3n) is 4.40. The lowest BCUT2D eigenvalue weighted by molar-refractivity contribution is 0.187. The fourth-order valence-corrected chi connectivity index (χ4v) is 3.01. The molecule has 3 aromatic rings. The van der Waals surface area contributed by atoms with E-state index in [-0.39, 0.29) is 6.03 Å². The van der Waals surface area contributed by atoms with Crippen molar-refractivity contribution in [2.75, 3.05) is 14.1 Å². The number of nitrogens with one attached hydrogen (secondary N) is 1. The highest BCUT2D eigenvalue weighted by Gasteiger charge is 2.15. The molecule has 0 saturated carbocycles. The molecule has 5 heteroatoms. The van der Waals surface area contributed by atoms with Gasteiger partial charge in [0.05, 0.1) is 12.8 Å². The lowest BCUT2D eigenvalue weighted by Gasteiger charge is -2.22. The maximum atomic E-state index is 12.8. The first kappa shape index (κ1) is 19.7. The SMILES string of the molecule is CN(C)Cc1ccc(CNC(=O)N(Cc2ccccc2)Cc2ccco2)cc1. The number of hydrogen-bond acceptors (Lipinski definition) is 3. The number of carbonyl (C=O) groups excluding carboxylic acids is 1. The average Bonchev–Trinajstić information content (AvgIpc) is 3.20. The Hall–Kier alpha value is -3.05. The van der Waals surface area contributed by atoms with Crippen LogP contribution in [0.1, 0.15) is 22.5 Å². The molecule has 0 aliphatic carbocycles. The molecule has 0 radical (unpaired) electrons. The topological polar surface area (TPSA) is 48.7 Å². The standard InChI is InChI=1S/C23H27N3O2/c1-25(2)16-21-12-10-19(11-13-21)15-24-23(27)26(18-22-9-6-14-28-22)17-20-7-4-3-5-8-20/h3-14H,15-18H2,1-2H3,(H,24,27). The van der Waals surface area contributed by atoms with Gasteiger partial charge < -0.3 is 19.5 Å². The van der Waals surface area contributed by atoms with Gasteiger partial charge >= 0.3 is 6.03 Å². The van der Waals surface area contributed by atoms with Crippen molar-refractivity contribution in [2.45, 2.75) is 26.2 Å². The molecule has 3 rings (SSSR count). The molecule has 0 aliphatic heterocycles. The van der Waals surface area contributed by atoms with Gasteiger partial charge in [-0.1, -0.05) is 54.6 Å². The second kappa shape index (κ2) is 9.76. The first-order chi connectivity index (χ1) is 13.6. The second-order valence-electron chi connectivity index (χ2n) is 7.13. The zero-order chi connectivity index (χ0) is 19.8. The van der Waals surface area contributed by atoms with Crippen LogP contribution < -0.4 is 5.32 Å². The quantitative estimate of drug-likeness (QED) is 0.638. The van der Waals surface area contributed by atoms with Crippen molar-refractivity contribution in [3.8, 4) is 0 Å². The van der Waals surface area contributed by atoms with Gasteiger partial charge in [-0.3, -0.25) is 0 Å². The van der Waals surface area contributed by atoms with Crippen LogP contribution >= 0.6 is 0 Å². The second-order valence-corrected chi connectivity index (χ2v) is 7.13. The summed E-state index contributed by atoms with van der Waals surface area (Å²) in [6.07, 6.45) is 1.63. The summed E-state index contributed by atoms with van der Waals surface area (Å²) >= 11 is 0. The molecule has 28 heavy (non-hydrogen) atoms. The molecule has 2 amide bonds. The Morgan fingerprint density at radius 3 is 2.14 bits per heavy atom. The smallest absolute Gasteiger partial charge is 0.318 e. The highest BCUT2D eigenvalue weighted by atomic mass is 16.3. The molecule has 0 atom stereocenters. The predicted octanol–water partition coefficient (Wildman–Crippen LogP) is 4.25. The largest absolute Gasteiger partial charge is 0.467 e. The monoisotopic (exact) mass is 377 g/mol. The number of urea groups is 1. The van der Waals surface area contributed by atoms with E-state index in [2.05, 4.69) is 48.6 Å². The number of hydrogen-bond donors (Lipinski definition) is 1. The normalized spacial score (nSPS) is 10.8. The Kier molecular flexibility index (Phi) is 6.87. The van der Waals surface area contributed by atoms with Gasteiger partial charge in [-0.25, -0.2) is 4.79 Å². The maximum absolute atomic E-state index is 12.8. The van der Waals surface area contributed by atoms with Crippen molar-refractivity contribution in [3.05, 3.63) is 95.4 Å². The summed E-state index contributed by atoms with van der Waals surface area (Å²) < 4.78 is 5.43. The van der Waals surface area contributed by atoms with Crippen molar-refractivity contribution < 1.29 is 9.21 Å². The van der Waals surface area contributed by atoms with Crippen LogP contribution in [0.25, 0.3) is 0 Å². The number of furan rings is 1. The summed E-state index contributed by atoms with van der Waals surface area (Å²) in [5, 5.41) is 3.03. The van der Waals surface area contributed by atoms with Crippen LogP contribution in [-0.4, -0.2) is 29.9 Å². The van der Waals surface area contributed by atoms with Crippen molar-refractivity contribution in [1.29, 1.82) is 0 Å². The number of amides is 2. The fraction of sp³-hybridized carbons (Fsp3) is 0.261. The average molecular weight is 377 g/mol. The molecule has 146 valence electrons. The van der Waals surface area contributed by atoms with E-state index in [0.717, 1.165) is 23.4 Å². The molecule has 5 nitrogen and oxygen atoms in total. The maximum Gasteiger partial charge on any atom is 0.318 e. The molecule has 0 aliphatic rings. The van der Waals surface area contributed by atoms with Gasteiger partial charge in [-0.15, -0.1) is 0 Å². The summed E-state index contributed by atoms with van der Waals surface area (Å²) in [6, 6.07) is 21.9. The summed E-state index contributed by atoms with van der Waals surface area (Å²) in [5.41, 5.74) is 3.41. The molecular formula is C23H27N3O2. The lowest BCUT2D eigenvalue weighted by atomic mass is 10.1. The number of nitrogens with zero attached hydrogens (tertiary/aromatic N) is 2. The summed E-state index contributed by atoms with van der Waals surface area (Å²) in [4.78, 5) is 16.7. The third kappa shape index (κ3) is 5.99. The van der Waals surface area contributed by atoms with Gasteiger partial charge in [0.25, 0.3) is 0 Å². The van der Waals surface area contributed by atoms with E-state index in [4.69, 9.17) is 4.42 Å². The molecule has 0 unspecified atom stereocenters. The molecular weight excluding hydrogens is 350 g/mol. The zero-order valence-corrected chi connectivity index (χ0v) is 16.5. The van der Waals surface area contributed by atoms with Gasteiger partial charge in [0.15, 0.2) is 0 Å². The van der Waals surface area contributed by atoms with E-state index in [0.29, 0.717) is 19.6 Å². The summed E-state index contributed by atoms with van der Waals surface area (Å²) in [5.74, 6) is 0.763. The van der Waals surface area contributed by atoms with Gasteiger partial charge in [0, 0.05) is 19.6 Å². The van der Waals surface area contributed by atoms with E-state index < -0.39 is 0 Å². The fourth-order valence-electron chi connectivity index (χ4n) is 3.01. The number of carbonyl (C=O) groups is 1. The van der Waals surface area contributed by atoms with Crippen LogP contribution in [0, 0.1) is 0 Å². The lowest BCUT2D eigenvalue weighted by Crippen LogP contribution is -2.38. The van der Waals surface area contributed by atoms with Gasteiger partial charge in [-0.05, 0) is 42.9 Å². The highest BCUT2D eigenvalue weighted by molar-refractivity contribution is 5.74. The zero-order valence-electron chi connectivity index (χ0n) is 16.5. The van der Waals surface area contributed by atoms with Crippen molar-refractivity contribution >= 4 is 6.03 Å². The van der Waals surface area contributed by atoms with Gasteiger partial charge in [0.2, 0.25) is 0 Å². The number of rotatable bonds is 8. The molecule has 0 spiro atoms. The van der Waals surface area contributed by atoms with E-state index in [1.54, 1.807) is 11.2 Å². The minimum atomic E-state index is -0.113. The molecule has 1 heterocycles. The van der Waals surface area contributed by atoms with Crippen LogP contribution in [0.15, 0.2) is 77.4 Å². The van der Waals surface area contributed by atoms with E-state index in [1.165, 1.54) is 5.56 Å². The Morgan fingerprint density at radius 2 is 1.50 bits per heavy atom. The van der Waals surface area contributed by atoms with Crippen molar-refractivity contribution in [1.82, 2.24) is 15.1 Å². The minimum Gasteiger partial charge on any atom is -0.467 e. The Bertz CT molecular complexity index is 843. The Labute approximate surface area is 166 Å². The molecule has 0 fully saturated rings. The van der Waals surface area contributed by atoms with E-state index in [1.807, 2.05) is 42.5 Å². The first-order valence-corrected chi connectivity index (χ1v) is 9.42. The third-order valence-corrected chi connectivity index (χ3v) is 4.40. The number of benzene rings is 2. The van der Waals surface area contributed by atoms with Gasteiger partial charge in [-0.2, -0.15) is 0 Å². The van der Waals surface area contributed by atoms with Crippen LogP contribution in [0.5, 0.6) is 0 Å². The molecule has 1 N–H and O–H groups in total. The van der Waals surface area contributed by atoms with Crippen LogP contribution in [0.4, 0.5) is 4.79 Å². The first-order valence-electron chi connectivity index (χ1n) is 9.42. The summed E-state index contributed by atoms with van der Waals surface area (Å²) in [6.45, 7) is 2.34. The summed E-state index contributed by atoms with van der Waals surface area (Å²) in [7, 11) is 4.10. The predicted molar refractivity (Wildman–Crippen MR) is 110 cm³/mol. The van der Waals surface area contributed by atoms with Crippen LogP contribution in [-0.2, 0) is 26.2 Å². The molecule has 2 aromatic carbocycles. The van der Waals surface area contributed by atoms with Crippen LogP contribution in [0.3, 0.4) is 0 Å². The van der Waals surface area contributed by atoms with Crippen molar-refractivity contribution in [2.24, 2.45) is 0 Å².